The van der Waals surface area contributed by atoms with Crippen LogP contribution in [0.2, 0.25) is 0 Å². The first-order valence-corrected chi connectivity index (χ1v) is 11.9. The van der Waals surface area contributed by atoms with Gasteiger partial charge in [0.1, 0.15) is 10.6 Å². The highest BCUT2D eigenvalue weighted by atomic mass is 32.2. The summed E-state index contributed by atoms with van der Waals surface area (Å²) in [5.74, 6) is 4.52. The fourth-order valence-electron chi connectivity index (χ4n) is 3.21. The number of primary sulfonamides is 1. The number of fused-ring (bicyclic) bond motifs is 1. The largest absolute Gasteiger partial charge is 0.321 e. The van der Waals surface area contributed by atoms with E-state index in [2.05, 4.69) is 32.3 Å². The fourth-order valence-corrected chi connectivity index (χ4v) is 3.83. The van der Waals surface area contributed by atoms with Crippen molar-refractivity contribution in [3.63, 3.8) is 0 Å². The number of sulfonamides is 1. The molecule has 11 nitrogen and oxygen atoms in total. The van der Waals surface area contributed by atoms with Crippen molar-refractivity contribution in [3.05, 3.63) is 83.1 Å². The molecule has 0 bridgehead atoms. The van der Waals surface area contributed by atoms with Crippen molar-refractivity contribution in [3.8, 4) is 11.8 Å². The van der Waals surface area contributed by atoms with Crippen LogP contribution < -0.4 is 10.5 Å². The number of amides is 1. The number of Topliss-reactive ketones (excluding diaryl/α,β-unsaturated/α-hetero) is 2. The Morgan fingerprint density at radius 1 is 0.972 bits per heavy atom. The van der Waals surface area contributed by atoms with Gasteiger partial charge < -0.3 is 5.32 Å². The summed E-state index contributed by atoms with van der Waals surface area (Å²) in [6, 6.07) is 10.7. The van der Waals surface area contributed by atoms with E-state index in [0.29, 0.717) is 22.5 Å². The average Bonchev–Trinajstić information content (AvgIpc) is 3.24. The lowest BCUT2D eigenvalue weighted by molar-refractivity contribution is 0.100. The van der Waals surface area contributed by atoms with Crippen LogP contribution in [0.15, 0.2) is 59.8 Å². The monoisotopic (exact) mass is 502 g/mol. The van der Waals surface area contributed by atoms with Crippen molar-refractivity contribution in [1.29, 1.82) is 0 Å². The summed E-state index contributed by atoms with van der Waals surface area (Å²) >= 11 is 0. The topological polar surface area (TPSA) is 166 Å². The van der Waals surface area contributed by atoms with E-state index in [1.807, 2.05) is 0 Å². The van der Waals surface area contributed by atoms with Crippen LogP contribution in [-0.2, 0) is 10.0 Å². The molecule has 0 aliphatic carbocycles. The molecule has 3 N–H and O–H groups in total. The lowest BCUT2D eigenvalue weighted by atomic mass is 10.1. The molecule has 36 heavy (non-hydrogen) atoms. The zero-order chi connectivity index (χ0) is 26.0. The number of rotatable bonds is 5. The van der Waals surface area contributed by atoms with Crippen LogP contribution >= 0.6 is 0 Å². The van der Waals surface area contributed by atoms with Gasteiger partial charge in [-0.3, -0.25) is 18.8 Å². The van der Waals surface area contributed by atoms with Crippen LogP contribution in [-0.4, -0.2) is 45.5 Å². The van der Waals surface area contributed by atoms with Gasteiger partial charge in [-0.05, 0) is 50.1 Å². The minimum atomic E-state index is -4.22. The standard InChI is InChI=1S/C24H18N6O5S/c1-14(31)16-4-3-5-19(10-16)27-24(33)20-11-17(21(12-26-20)36(25,34)35)6-8-22-28-29-23-9-7-18(15(2)32)13-30(22)23/h3-5,7,9-13H,1-2H3,(H,27,33)(H2,25,34,35). The SMILES string of the molecule is CC(=O)c1cccc(NC(=O)c2cc(C#Cc3nnc4ccc(C(C)=O)cn34)c(S(N)(=O)=O)cn2)c1. The van der Waals surface area contributed by atoms with Gasteiger partial charge in [0.05, 0.1) is 0 Å². The van der Waals surface area contributed by atoms with E-state index < -0.39 is 15.9 Å². The lowest BCUT2D eigenvalue weighted by Crippen LogP contribution is -2.18. The second-order valence-electron chi connectivity index (χ2n) is 7.68. The summed E-state index contributed by atoms with van der Waals surface area (Å²) in [4.78, 5) is 39.6. The number of nitrogens with zero attached hydrogens (tertiary/aromatic N) is 4. The molecule has 1 aromatic carbocycles. The molecule has 0 spiro atoms. The second kappa shape index (κ2) is 9.49. The average molecular weight is 503 g/mol. The third kappa shape index (κ3) is 5.17. The van der Waals surface area contributed by atoms with Gasteiger partial charge >= 0.3 is 0 Å². The Morgan fingerprint density at radius 3 is 2.42 bits per heavy atom. The highest BCUT2D eigenvalue weighted by molar-refractivity contribution is 7.89. The number of aromatic nitrogens is 4. The summed E-state index contributed by atoms with van der Waals surface area (Å²) in [5.41, 5.74) is 1.38. The Bertz CT molecular complexity index is 1730. The number of hydrogen-bond donors (Lipinski definition) is 2. The number of carbonyl (C=O) groups is 3. The van der Waals surface area contributed by atoms with Gasteiger partial charge in [0, 0.05) is 34.8 Å². The summed E-state index contributed by atoms with van der Waals surface area (Å²) < 4.78 is 25.7. The Balaban J connectivity index is 1.73. The van der Waals surface area contributed by atoms with Gasteiger partial charge in [-0.25, -0.2) is 18.5 Å². The van der Waals surface area contributed by atoms with Gasteiger partial charge in [-0.2, -0.15) is 0 Å². The first-order chi connectivity index (χ1) is 17.0. The Morgan fingerprint density at radius 2 is 1.72 bits per heavy atom. The van der Waals surface area contributed by atoms with E-state index >= 15 is 0 Å². The predicted molar refractivity (Wildman–Crippen MR) is 129 cm³/mol. The lowest BCUT2D eigenvalue weighted by Gasteiger charge is -2.08. The maximum Gasteiger partial charge on any atom is 0.274 e. The maximum absolute atomic E-state index is 12.8. The minimum absolute atomic E-state index is 0.0883. The third-order valence-electron chi connectivity index (χ3n) is 5.05. The number of ketones is 2. The number of nitrogens with one attached hydrogen (secondary N) is 1. The molecule has 0 aliphatic rings. The number of anilines is 1. The number of carbonyl (C=O) groups excluding carboxylic acids is 3. The predicted octanol–water partition coefficient (Wildman–Crippen LogP) is 1.83. The smallest absolute Gasteiger partial charge is 0.274 e. The van der Waals surface area contributed by atoms with E-state index in [1.165, 1.54) is 36.6 Å². The van der Waals surface area contributed by atoms with Crippen molar-refractivity contribution >= 4 is 38.8 Å². The van der Waals surface area contributed by atoms with Crippen molar-refractivity contribution in [2.45, 2.75) is 18.7 Å². The van der Waals surface area contributed by atoms with Crippen molar-refractivity contribution in [1.82, 2.24) is 19.6 Å². The van der Waals surface area contributed by atoms with E-state index in [-0.39, 0.29) is 33.5 Å². The second-order valence-corrected chi connectivity index (χ2v) is 9.21. The molecule has 0 saturated carbocycles. The zero-order valence-electron chi connectivity index (χ0n) is 19.0. The van der Waals surface area contributed by atoms with Crippen LogP contribution in [0.3, 0.4) is 0 Å². The molecule has 4 aromatic rings. The van der Waals surface area contributed by atoms with Crippen molar-refractivity contribution in [2.24, 2.45) is 5.14 Å². The molecular formula is C24H18N6O5S. The molecule has 0 atom stereocenters. The molecule has 0 unspecified atom stereocenters. The van der Waals surface area contributed by atoms with Gasteiger partial charge in [0.2, 0.25) is 15.8 Å². The normalized spacial score (nSPS) is 11.0. The minimum Gasteiger partial charge on any atom is -0.321 e. The molecule has 12 heteroatoms. The first kappa shape index (κ1) is 24.4. The highest BCUT2D eigenvalue weighted by Gasteiger charge is 2.18. The van der Waals surface area contributed by atoms with Crippen LogP contribution in [0, 0.1) is 11.8 Å². The van der Waals surface area contributed by atoms with E-state index in [0.717, 1.165) is 6.20 Å². The van der Waals surface area contributed by atoms with Gasteiger partial charge in [-0.1, -0.05) is 18.1 Å². The van der Waals surface area contributed by atoms with E-state index in [4.69, 9.17) is 5.14 Å². The van der Waals surface area contributed by atoms with Crippen molar-refractivity contribution < 1.29 is 22.8 Å². The maximum atomic E-state index is 12.8. The number of hydrogen-bond acceptors (Lipinski definition) is 8. The van der Waals surface area contributed by atoms with E-state index in [1.54, 1.807) is 30.3 Å². The summed E-state index contributed by atoms with van der Waals surface area (Å²) in [5, 5.41) is 15.8. The number of benzene rings is 1. The Hall–Kier alpha value is -4.73. The highest BCUT2D eigenvalue weighted by Crippen LogP contribution is 2.17. The van der Waals surface area contributed by atoms with Gasteiger partial charge in [0.15, 0.2) is 17.2 Å². The molecule has 0 fully saturated rings. The van der Waals surface area contributed by atoms with Crippen LogP contribution in [0.1, 0.15) is 56.4 Å². The Labute approximate surface area is 205 Å². The molecule has 180 valence electrons. The van der Waals surface area contributed by atoms with Crippen LogP contribution in [0.4, 0.5) is 5.69 Å². The summed E-state index contributed by atoms with van der Waals surface area (Å²) in [6.45, 7) is 2.81. The molecule has 4 rings (SSSR count). The third-order valence-corrected chi connectivity index (χ3v) is 5.99. The molecule has 0 aliphatic heterocycles. The molecular weight excluding hydrogens is 484 g/mol. The summed E-state index contributed by atoms with van der Waals surface area (Å²) in [6.07, 6.45) is 2.46. The number of nitrogens with two attached hydrogens (primary N) is 1. The van der Waals surface area contributed by atoms with Crippen LogP contribution in [0.5, 0.6) is 0 Å². The Kier molecular flexibility index (Phi) is 6.43. The zero-order valence-corrected chi connectivity index (χ0v) is 19.8. The van der Waals surface area contributed by atoms with Crippen LogP contribution in [0.25, 0.3) is 5.65 Å². The molecule has 1 amide bonds. The van der Waals surface area contributed by atoms with E-state index in [9.17, 15) is 22.8 Å². The summed E-state index contributed by atoms with van der Waals surface area (Å²) in [7, 11) is -4.22. The van der Waals surface area contributed by atoms with Crippen molar-refractivity contribution in [2.75, 3.05) is 5.32 Å². The first-order valence-electron chi connectivity index (χ1n) is 10.4. The molecule has 3 heterocycles. The molecule has 0 saturated heterocycles. The van der Waals surface area contributed by atoms with Gasteiger partial charge in [-0.15, -0.1) is 10.2 Å². The quantitative estimate of drug-likeness (QED) is 0.308. The fraction of sp³-hybridized carbons (Fsp3) is 0.0833. The molecule has 3 aromatic heterocycles. The molecule has 0 radical (unpaired) electrons. The number of pyridine rings is 2. The van der Waals surface area contributed by atoms with Gasteiger partial charge in [0.25, 0.3) is 5.91 Å².